The fourth-order valence-electron chi connectivity index (χ4n) is 8.42. The summed E-state index contributed by atoms with van der Waals surface area (Å²) in [6, 6.07) is -0.699. The molecule has 3 atom stereocenters. The Morgan fingerprint density at radius 3 is 1.21 bits per heavy atom. The maximum absolute atomic E-state index is 13.2. The van der Waals surface area contributed by atoms with Crippen molar-refractivity contribution in [2.24, 2.45) is 0 Å². The first-order valence-electron chi connectivity index (χ1n) is 27.1. The van der Waals surface area contributed by atoms with Gasteiger partial charge in [0.15, 0.2) is 0 Å². The molecular weight excluding hydrogens is 755 g/mol. The Bertz CT molecular complexity index is 966. The summed E-state index contributed by atoms with van der Waals surface area (Å²) in [7, 11) is 0. The van der Waals surface area contributed by atoms with Crippen molar-refractivity contribution in [2.75, 3.05) is 6.61 Å². The van der Waals surface area contributed by atoms with E-state index < -0.39 is 18.2 Å². The lowest BCUT2D eigenvalue weighted by Gasteiger charge is -2.24. The van der Waals surface area contributed by atoms with Gasteiger partial charge in [-0.2, -0.15) is 0 Å². The first kappa shape index (κ1) is 59.3. The summed E-state index contributed by atoms with van der Waals surface area (Å²) in [5, 5.41) is 23.8. The second-order valence-electron chi connectivity index (χ2n) is 18.7. The largest absolute Gasteiger partial charge is 0.462 e. The van der Waals surface area contributed by atoms with Crippen LogP contribution in [0, 0.1) is 0 Å². The Labute approximate surface area is 380 Å². The molecule has 1 amide bonds. The van der Waals surface area contributed by atoms with E-state index in [-0.39, 0.29) is 24.9 Å². The van der Waals surface area contributed by atoms with Crippen molar-refractivity contribution < 1.29 is 24.5 Å². The zero-order valence-corrected chi connectivity index (χ0v) is 41.1. The van der Waals surface area contributed by atoms with Crippen LogP contribution in [0.4, 0.5) is 0 Å². The summed E-state index contributed by atoms with van der Waals surface area (Å²) in [6.45, 7) is 6.49. The van der Waals surface area contributed by atoms with Gasteiger partial charge in [0.2, 0.25) is 5.91 Å². The number of rotatable bonds is 49. The summed E-state index contributed by atoms with van der Waals surface area (Å²) >= 11 is 0. The molecular formula is C55H105NO5. The molecule has 0 aromatic heterocycles. The molecule has 0 aliphatic heterocycles. The third kappa shape index (κ3) is 44.7. The molecule has 6 heteroatoms. The number of allylic oxidation sites excluding steroid dienone is 4. The topological polar surface area (TPSA) is 95.9 Å². The van der Waals surface area contributed by atoms with Gasteiger partial charge in [-0.15, -0.1) is 0 Å². The average molecular weight is 860 g/mol. The molecule has 0 saturated carbocycles. The van der Waals surface area contributed by atoms with E-state index in [1.54, 1.807) is 0 Å². The van der Waals surface area contributed by atoms with E-state index >= 15 is 0 Å². The number of amides is 1. The van der Waals surface area contributed by atoms with Crippen LogP contribution in [-0.2, 0) is 14.3 Å². The quantitative estimate of drug-likeness (QED) is 0.0322. The maximum Gasteiger partial charge on any atom is 0.306 e. The van der Waals surface area contributed by atoms with Crippen LogP contribution in [0.1, 0.15) is 290 Å². The lowest BCUT2D eigenvalue weighted by atomic mass is 10.0. The van der Waals surface area contributed by atoms with Gasteiger partial charge in [0.05, 0.1) is 25.2 Å². The Morgan fingerprint density at radius 2 is 0.820 bits per heavy atom. The molecule has 0 aromatic rings. The van der Waals surface area contributed by atoms with Crippen LogP contribution in [0.5, 0.6) is 0 Å². The third-order valence-corrected chi connectivity index (χ3v) is 12.6. The number of carbonyl (C=O) groups is 2. The summed E-state index contributed by atoms with van der Waals surface area (Å²) in [5.74, 6) is -0.477. The Balaban J connectivity index is 4.50. The Hall–Kier alpha value is -1.66. The van der Waals surface area contributed by atoms with Gasteiger partial charge in [-0.3, -0.25) is 9.59 Å². The predicted molar refractivity (Wildman–Crippen MR) is 264 cm³/mol. The SMILES string of the molecule is CCCCCCCCC/C=C/C=C/CCCCCCCC(=O)OC(CCCCCCCCCCCCC)CC(=O)NC(CO)C(O)CCCCCCCCCCCCCCC. The molecule has 6 nitrogen and oxygen atoms in total. The molecule has 0 fully saturated rings. The van der Waals surface area contributed by atoms with Crippen molar-refractivity contribution in [1.29, 1.82) is 0 Å². The zero-order chi connectivity index (χ0) is 44.5. The maximum atomic E-state index is 13.2. The van der Waals surface area contributed by atoms with Crippen LogP contribution in [0.3, 0.4) is 0 Å². The van der Waals surface area contributed by atoms with E-state index in [0.717, 1.165) is 51.4 Å². The van der Waals surface area contributed by atoms with Gasteiger partial charge >= 0.3 is 5.97 Å². The monoisotopic (exact) mass is 860 g/mol. The second kappa shape index (κ2) is 49.4. The molecule has 0 aromatic carbocycles. The van der Waals surface area contributed by atoms with Crippen LogP contribution in [0.15, 0.2) is 24.3 Å². The van der Waals surface area contributed by atoms with Crippen LogP contribution < -0.4 is 5.32 Å². The van der Waals surface area contributed by atoms with E-state index in [4.69, 9.17) is 4.74 Å². The van der Waals surface area contributed by atoms with Gasteiger partial charge in [-0.1, -0.05) is 251 Å². The normalized spacial score (nSPS) is 13.3. The lowest BCUT2D eigenvalue weighted by Crippen LogP contribution is -2.46. The molecule has 360 valence electrons. The molecule has 3 N–H and O–H groups in total. The Morgan fingerprint density at radius 1 is 0.475 bits per heavy atom. The molecule has 0 saturated heterocycles. The molecule has 3 unspecified atom stereocenters. The minimum atomic E-state index is -0.785. The summed E-state index contributed by atoms with van der Waals surface area (Å²) in [5.41, 5.74) is 0. The van der Waals surface area contributed by atoms with Gasteiger partial charge in [-0.05, 0) is 51.4 Å². The number of esters is 1. The van der Waals surface area contributed by atoms with Crippen LogP contribution in [0.25, 0.3) is 0 Å². The number of hydrogen-bond donors (Lipinski definition) is 3. The molecule has 0 aliphatic carbocycles. The van der Waals surface area contributed by atoms with Crippen molar-refractivity contribution in [1.82, 2.24) is 5.32 Å². The predicted octanol–water partition coefficient (Wildman–Crippen LogP) is 16.3. The van der Waals surface area contributed by atoms with Crippen LogP contribution in [-0.4, -0.2) is 46.9 Å². The van der Waals surface area contributed by atoms with Gasteiger partial charge in [0.1, 0.15) is 6.10 Å². The van der Waals surface area contributed by atoms with E-state index in [9.17, 15) is 19.8 Å². The van der Waals surface area contributed by atoms with Crippen molar-refractivity contribution in [3.8, 4) is 0 Å². The first-order valence-corrected chi connectivity index (χ1v) is 27.1. The number of aliphatic hydroxyl groups excluding tert-OH is 2. The van der Waals surface area contributed by atoms with Crippen molar-refractivity contribution in [3.63, 3.8) is 0 Å². The molecule has 0 radical (unpaired) electrons. The van der Waals surface area contributed by atoms with E-state index in [1.165, 1.54) is 193 Å². The highest BCUT2D eigenvalue weighted by atomic mass is 16.5. The molecule has 0 heterocycles. The van der Waals surface area contributed by atoms with E-state index in [2.05, 4.69) is 50.4 Å². The van der Waals surface area contributed by atoms with Crippen molar-refractivity contribution in [2.45, 2.75) is 309 Å². The van der Waals surface area contributed by atoms with E-state index in [0.29, 0.717) is 19.3 Å². The van der Waals surface area contributed by atoms with Gasteiger partial charge in [-0.25, -0.2) is 0 Å². The molecule has 0 rings (SSSR count). The highest BCUT2D eigenvalue weighted by Gasteiger charge is 2.24. The Kier molecular flexibility index (Phi) is 48.0. The molecule has 0 aliphatic rings. The highest BCUT2D eigenvalue weighted by molar-refractivity contribution is 5.77. The number of nitrogens with one attached hydrogen (secondary N) is 1. The van der Waals surface area contributed by atoms with Crippen molar-refractivity contribution >= 4 is 11.9 Å². The van der Waals surface area contributed by atoms with Crippen LogP contribution >= 0.6 is 0 Å². The first-order chi connectivity index (χ1) is 30.0. The molecule has 61 heavy (non-hydrogen) atoms. The average Bonchev–Trinajstić information content (AvgIpc) is 3.25. The van der Waals surface area contributed by atoms with Gasteiger partial charge in [0.25, 0.3) is 0 Å². The number of ether oxygens (including phenoxy) is 1. The molecule has 0 spiro atoms. The van der Waals surface area contributed by atoms with Crippen molar-refractivity contribution in [3.05, 3.63) is 24.3 Å². The minimum absolute atomic E-state index is 0.0767. The minimum Gasteiger partial charge on any atom is -0.462 e. The van der Waals surface area contributed by atoms with Crippen LogP contribution in [0.2, 0.25) is 0 Å². The zero-order valence-electron chi connectivity index (χ0n) is 41.1. The fourth-order valence-corrected chi connectivity index (χ4v) is 8.42. The number of carbonyl (C=O) groups excluding carboxylic acids is 2. The van der Waals surface area contributed by atoms with Gasteiger partial charge < -0.3 is 20.3 Å². The number of unbranched alkanes of at least 4 members (excludes halogenated alkanes) is 34. The lowest BCUT2D eigenvalue weighted by molar-refractivity contribution is -0.151. The standard InChI is InChI=1S/C55H105NO5/c1-4-7-10-13-16-19-22-24-25-26-27-28-30-33-36-39-42-45-48-55(60)61-51(46-43-40-37-34-31-21-18-15-12-9-6-3)49-54(59)56-52(50-57)53(58)47-44-41-38-35-32-29-23-20-17-14-11-8-5-2/h25-28,51-53,57-58H,4-24,29-50H2,1-3H3,(H,56,59)/b26-25+,28-27+. The summed E-state index contributed by atoms with van der Waals surface area (Å²) in [6.07, 6.45) is 56.7. The summed E-state index contributed by atoms with van der Waals surface area (Å²) < 4.78 is 5.93. The van der Waals surface area contributed by atoms with E-state index in [1.807, 2.05) is 0 Å². The number of aliphatic hydroxyl groups is 2. The fraction of sp³-hybridized carbons (Fsp3) is 0.891. The third-order valence-electron chi connectivity index (χ3n) is 12.6. The second-order valence-corrected chi connectivity index (χ2v) is 18.7. The summed E-state index contributed by atoms with van der Waals surface area (Å²) in [4.78, 5) is 26.1. The smallest absolute Gasteiger partial charge is 0.306 e. The highest BCUT2D eigenvalue weighted by Crippen LogP contribution is 2.18. The number of hydrogen-bond acceptors (Lipinski definition) is 5. The van der Waals surface area contributed by atoms with Gasteiger partial charge in [0, 0.05) is 6.42 Å². The molecule has 0 bridgehead atoms.